The van der Waals surface area contributed by atoms with Gasteiger partial charge >= 0.3 is 0 Å². The van der Waals surface area contributed by atoms with Gasteiger partial charge in [-0.25, -0.2) is 0 Å². The van der Waals surface area contributed by atoms with Gasteiger partial charge in [0.25, 0.3) is 0 Å². The van der Waals surface area contributed by atoms with Crippen LogP contribution in [0.3, 0.4) is 0 Å². The van der Waals surface area contributed by atoms with Gasteiger partial charge in [0.15, 0.2) is 5.79 Å². The summed E-state index contributed by atoms with van der Waals surface area (Å²) in [7, 11) is 0. The van der Waals surface area contributed by atoms with Crippen molar-refractivity contribution in [2.24, 2.45) is 11.8 Å². The number of rotatable bonds is 3. The van der Waals surface area contributed by atoms with Crippen LogP contribution in [0.1, 0.15) is 38.5 Å². The molecule has 2 aliphatic heterocycles. The largest absolute Gasteiger partial charge is 0.381 e. The van der Waals surface area contributed by atoms with Crippen molar-refractivity contribution in [2.45, 2.75) is 56.5 Å². The molecule has 0 aromatic heterocycles. The molecule has 4 unspecified atom stereocenters. The highest BCUT2D eigenvalue weighted by atomic mass is 16.7. The maximum Gasteiger partial charge on any atom is 0.173 e. The molecule has 2 saturated carbocycles. The Morgan fingerprint density at radius 1 is 1.11 bits per heavy atom. The van der Waals surface area contributed by atoms with Crippen LogP contribution < -0.4 is 5.32 Å². The number of nitrogens with one attached hydrogen (secondary N) is 1. The molecule has 4 fully saturated rings. The summed E-state index contributed by atoms with van der Waals surface area (Å²) < 4.78 is 17.5. The third-order valence-corrected chi connectivity index (χ3v) is 5.51. The van der Waals surface area contributed by atoms with E-state index in [0.29, 0.717) is 0 Å². The zero-order valence-corrected chi connectivity index (χ0v) is 11.6. The van der Waals surface area contributed by atoms with E-state index in [1.165, 1.54) is 25.7 Å². The highest BCUT2D eigenvalue weighted by Gasteiger charge is 2.44. The number of fused-ring (bicyclic) bond motifs is 2. The smallest absolute Gasteiger partial charge is 0.173 e. The Balaban J connectivity index is 1.26. The van der Waals surface area contributed by atoms with E-state index in [9.17, 15) is 0 Å². The molecule has 4 rings (SSSR count). The first-order valence-corrected chi connectivity index (χ1v) is 7.96. The van der Waals surface area contributed by atoms with Crippen LogP contribution in [0.5, 0.6) is 0 Å². The van der Waals surface area contributed by atoms with Gasteiger partial charge in [-0.05, 0) is 31.1 Å². The van der Waals surface area contributed by atoms with Gasteiger partial charge in [-0.3, -0.25) is 0 Å². The predicted molar refractivity (Wildman–Crippen MR) is 70.8 cm³/mol. The fourth-order valence-corrected chi connectivity index (χ4v) is 4.44. The molecule has 1 N–H and O–H groups in total. The lowest BCUT2D eigenvalue weighted by molar-refractivity contribution is -0.210. The second-order valence-electron chi connectivity index (χ2n) is 6.76. The van der Waals surface area contributed by atoms with E-state index in [1.807, 2.05) is 0 Å². The molecule has 4 heteroatoms. The van der Waals surface area contributed by atoms with Gasteiger partial charge < -0.3 is 19.5 Å². The molecule has 4 atom stereocenters. The minimum Gasteiger partial charge on any atom is -0.381 e. The van der Waals surface area contributed by atoms with E-state index in [-0.39, 0.29) is 11.9 Å². The normalized spacial score (nSPS) is 44.2. The van der Waals surface area contributed by atoms with Crippen LogP contribution in [0.4, 0.5) is 0 Å². The summed E-state index contributed by atoms with van der Waals surface area (Å²) in [5, 5.41) is 3.74. The molecule has 0 aromatic rings. The molecule has 4 nitrogen and oxygen atoms in total. The van der Waals surface area contributed by atoms with E-state index in [4.69, 9.17) is 14.2 Å². The molecular weight excluding hydrogens is 242 g/mol. The first-order valence-electron chi connectivity index (χ1n) is 7.96. The summed E-state index contributed by atoms with van der Waals surface area (Å²) >= 11 is 0. The van der Waals surface area contributed by atoms with Gasteiger partial charge in [-0.15, -0.1) is 0 Å². The summed E-state index contributed by atoms with van der Waals surface area (Å²) in [6, 6.07) is 0.744. The fourth-order valence-electron chi connectivity index (χ4n) is 4.44. The zero-order chi connectivity index (χ0) is 12.7. The average molecular weight is 267 g/mol. The molecule has 108 valence electrons. The first-order chi connectivity index (χ1) is 9.33. The van der Waals surface area contributed by atoms with Gasteiger partial charge in [0.1, 0.15) is 0 Å². The van der Waals surface area contributed by atoms with E-state index < -0.39 is 0 Å². The minimum atomic E-state index is -0.320. The Bertz CT molecular complexity index is 329. The van der Waals surface area contributed by atoms with Crippen LogP contribution in [-0.4, -0.2) is 44.3 Å². The van der Waals surface area contributed by atoms with Gasteiger partial charge in [-0.2, -0.15) is 0 Å². The number of hydrogen-bond acceptors (Lipinski definition) is 4. The van der Waals surface area contributed by atoms with Crippen LogP contribution in [0.15, 0.2) is 0 Å². The molecular formula is C15H25NO3. The Morgan fingerprint density at radius 3 is 2.74 bits per heavy atom. The Hall–Kier alpha value is -0.160. The molecule has 0 amide bonds. The van der Waals surface area contributed by atoms with Crippen LogP contribution >= 0.6 is 0 Å². The lowest BCUT2D eigenvalue weighted by Gasteiger charge is -2.32. The van der Waals surface area contributed by atoms with Gasteiger partial charge in [0.05, 0.1) is 25.9 Å². The standard InChI is InChI=1S/C15H25NO3/c1-2-12-7-11(1)8-14(12)16-9-13-10-18-15(19-13)3-5-17-6-4-15/h11-14,16H,1-10H2. The molecule has 2 heterocycles. The number of ether oxygens (including phenoxy) is 3. The van der Waals surface area contributed by atoms with Crippen LogP contribution in [0, 0.1) is 11.8 Å². The fraction of sp³-hybridized carbons (Fsp3) is 1.00. The third kappa shape index (κ3) is 2.44. The van der Waals surface area contributed by atoms with E-state index in [1.54, 1.807) is 0 Å². The van der Waals surface area contributed by atoms with Crippen molar-refractivity contribution in [2.75, 3.05) is 26.4 Å². The average Bonchev–Trinajstić information content (AvgIpc) is 3.13. The van der Waals surface area contributed by atoms with Crippen LogP contribution in [-0.2, 0) is 14.2 Å². The summed E-state index contributed by atoms with van der Waals surface area (Å²) in [6.07, 6.45) is 7.76. The first kappa shape index (κ1) is 12.6. The van der Waals surface area contributed by atoms with Crippen molar-refractivity contribution in [3.63, 3.8) is 0 Å². The van der Waals surface area contributed by atoms with Crippen LogP contribution in [0.25, 0.3) is 0 Å². The summed E-state index contributed by atoms with van der Waals surface area (Å²) in [5.74, 6) is 1.62. The molecule has 2 saturated heterocycles. The summed E-state index contributed by atoms with van der Waals surface area (Å²) in [6.45, 7) is 3.24. The lowest BCUT2D eigenvalue weighted by atomic mass is 9.95. The maximum atomic E-state index is 6.17. The Labute approximate surface area is 115 Å². The second kappa shape index (κ2) is 4.99. The topological polar surface area (TPSA) is 39.7 Å². The van der Waals surface area contributed by atoms with Crippen LogP contribution in [0.2, 0.25) is 0 Å². The van der Waals surface area contributed by atoms with E-state index in [0.717, 1.165) is 57.1 Å². The zero-order valence-electron chi connectivity index (χ0n) is 11.6. The van der Waals surface area contributed by atoms with E-state index in [2.05, 4.69) is 5.32 Å². The van der Waals surface area contributed by atoms with Crippen molar-refractivity contribution in [1.29, 1.82) is 0 Å². The number of hydrogen-bond donors (Lipinski definition) is 1. The Kier molecular flexibility index (Phi) is 3.30. The van der Waals surface area contributed by atoms with Crippen molar-refractivity contribution >= 4 is 0 Å². The summed E-state index contributed by atoms with van der Waals surface area (Å²) in [5.41, 5.74) is 0. The predicted octanol–water partition coefficient (Wildman–Crippen LogP) is 1.69. The summed E-state index contributed by atoms with van der Waals surface area (Å²) in [4.78, 5) is 0. The van der Waals surface area contributed by atoms with Gasteiger partial charge in [0, 0.05) is 25.4 Å². The van der Waals surface area contributed by atoms with Crippen molar-refractivity contribution in [3.05, 3.63) is 0 Å². The lowest BCUT2D eigenvalue weighted by Crippen LogP contribution is -2.42. The molecule has 2 aliphatic carbocycles. The SMILES string of the molecule is C1CC2(CCO1)OCC(CNC1CC3CCC1C3)O2. The molecule has 2 bridgehead atoms. The van der Waals surface area contributed by atoms with Gasteiger partial charge in [0.2, 0.25) is 0 Å². The van der Waals surface area contributed by atoms with Crippen molar-refractivity contribution in [3.8, 4) is 0 Å². The molecule has 0 radical (unpaired) electrons. The maximum absolute atomic E-state index is 6.17. The highest BCUT2D eigenvalue weighted by molar-refractivity contribution is 4.94. The third-order valence-electron chi connectivity index (χ3n) is 5.51. The quantitative estimate of drug-likeness (QED) is 0.844. The van der Waals surface area contributed by atoms with Crippen molar-refractivity contribution < 1.29 is 14.2 Å². The molecule has 4 aliphatic rings. The Morgan fingerprint density at radius 2 is 2.00 bits per heavy atom. The van der Waals surface area contributed by atoms with E-state index >= 15 is 0 Å². The molecule has 0 aromatic carbocycles. The molecule has 1 spiro atoms. The highest BCUT2D eigenvalue weighted by Crippen LogP contribution is 2.44. The second-order valence-corrected chi connectivity index (χ2v) is 6.76. The minimum absolute atomic E-state index is 0.234. The van der Waals surface area contributed by atoms with Gasteiger partial charge in [-0.1, -0.05) is 6.42 Å². The monoisotopic (exact) mass is 267 g/mol. The van der Waals surface area contributed by atoms with Crippen molar-refractivity contribution in [1.82, 2.24) is 5.32 Å². The molecule has 19 heavy (non-hydrogen) atoms.